The Bertz CT molecular complexity index is 766. The first-order valence-electron chi connectivity index (χ1n) is 9.09. The quantitative estimate of drug-likeness (QED) is 0.849. The lowest BCUT2D eigenvalue weighted by Gasteiger charge is -2.24. The highest BCUT2D eigenvalue weighted by Gasteiger charge is 2.33. The van der Waals surface area contributed by atoms with E-state index in [4.69, 9.17) is 10.2 Å². The minimum atomic E-state index is -0.0776. The van der Waals surface area contributed by atoms with Crippen LogP contribution in [0.5, 0.6) is 0 Å². The van der Waals surface area contributed by atoms with Gasteiger partial charge in [-0.05, 0) is 49.8 Å². The monoisotopic (exact) mass is 339 g/mol. The van der Waals surface area contributed by atoms with Crippen molar-refractivity contribution in [2.45, 2.75) is 44.8 Å². The maximum absolute atomic E-state index is 12.7. The smallest absolute Gasteiger partial charge is 0.255 e. The van der Waals surface area contributed by atoms with Crippen molar-refractivity contribution < 1.29 is 9.21 Å². The Balaban J connectivity index is 1.51. The first-order chi connectivity index (χ1) is 12.2. The van der Waals surface area contributed by atoms with Gasteiger partial charge in [-0.15, -0.1) is 0 Å². The molecule has 1 aromatic heterocycles. The molecule has 1 aliphatic carbocycles. The molecule has 2 unspecified atom stereocenters. The summed E-state index contributed by atoms with van der Waals surface area (Å²) in [5, 5.41) is 3.08. The Kier molecular flexibility index (Phi) is 4.25. The number of para-hydroxylation sites is 1. The Morgan fingerprint density at radius 3 is 2.92 bits per heavy atom. The third-order valence-corrected chi connectivity index (χ3v) is 5.41. The van der Waals surface area contributed by atoms with Crippen molar-refractivity contribution in [1.29, 1.82) is 0 Å². The molecular weight excluding hydrogens is 314 g/mol. The third-order valence-electron chi connectivity index (χ3n) is 5.41. The number of fused-ring (bicyclic) bond motifs is 1. The molecule has 1 saturated carbocycles. The van der Waals surface area contributed by atoms with Crippen molar-refractivity contribution in [3.63, 3.8) is 0 Å². The molecule has 132 valence electrons. The number of amides is 1. The Labute approximate surface area is 148 Å². The Morgan fingerprint density at radius 1 is 1.36 bits per heavy atom. The zero-order chi connectivity index (χ0) is 17.4. The summed E-state index contributed by atoms with van der Waals surface area (Å²) < 4.78 is 5.67. The van der Waals surface area contributed by atoms with Gasteiger partial charge in [0, 0.05) is 24.3 Å². The molecule has 1 aromatic carbocycles. The molecule has 5 nitrogen and oxygen atoms in total. The van der Waals surface area contributed by atoms with E-state index in [2.05, 4.69) is 41.4 Å². The highest BCUT2D eigenvalue weighted by Crippen LogP contribution is 2.34. The maximum atomic E-state index is 12.7. The Hall–Kier alpha value is -2.27. The third kappa shape index (κ3) is 3.16. The number of nitrogens with one attached hydrogen (secondary N) is 1. The number of rotatable bonds is 6. The van der Waals surface area contributed by atoms with E-state index in [1.165, 1.54) is 11.3 Å². The summed E-state index contributed by atoms with van der Waals surface area (Å²) in [5.74, 6) is 1.17. The molecule has 4 rings (SSSR count). The van der Waals surface area contributed by atoms with E-state index >= 15 is 0 Å². The van der Waals surface area contributed by atoms with E-state index in [1.54, 1.807) is 12.3 Å². The summed E-state index contributed by atoms with van der Waals surface area (Å²) in [6.07, 6.45) is 4.94. The SMILES string of the molecule is CC1Cc2ccccc2N1Cc1occc1C(=O)NC(CN)C1CC1. The largest absolute Gasteiger partial charge is 0.467 e. The number of anilines is 1. The number of hydrogen-bond acceptors (Lipinski definition) is 4. The second kappa shape index (κ2) is 6.56. The molecule has 3 N–H and O–H groups in total. The Morgan fingerprint density at radius 2 is 2.16 bits per heavy atom. The fourth-order valence-electron chi connectivity index (χ4n) is 3.80. The summed E-state index contributed by atoms with van der Waals surface area (Å²) in [7, 11) is 0. The molecule has 0 bridgehead atoms. The fraction of sp³-hybridized carbons (Fsp3) is 0.450. The first-order valence-corrected chi connectivity index (χ1v) is 9.09. The molecule has 2 aromatic rings. The topological polar surface area (TPSA) is 71.5 Å². The van der Waals surface area contributed by atoms with E-state index in [0.29, 0.717) is 36.4 Å². The maximum Gasteiger partial charge on any atom is 0.255 e. The first kappa shape index (κ1) is 16.2. The van der Waals surface area contributed by atoms with Crippen LogP contribution in [0.1, 0.15) is 41.4 Å². The van der Waals surface area contributed by atoms with Gasteiger partial charge in [-0.1, -0.05) is 18.2 Å². The number of hydrogen-bond donors (Lipinski definition) is 2. The lowest BCUT2D eigenvalue weighted by molar-refractivity contribution is 0.0931. The van der Waals surface area contributed by atoms with Crippen molar-refractivity contribution >= 4 is 11.6 Å². The van der Waals surface area contributed by atoms with E-state index < -0.39 is 0 Å². The highest BCUT2D eigenvalue weighted by molar-refractivity contribution is 5.95. The van der Waals surface area contributed by atoms with Crippen LogP contribution in [0.3, 0.4) is 0 Å². The van der Waals surface area contributed by atoms with Crippen LogP contribution in [-0.4, -0.2) is 24.5 Å². The van der Waals surface area contributed by atoms with E-state index in [-0.39, 0.29) is 11.9 Å². The average molecular weight is 339 g/mol. The van der Waals surface area contributed by atoms with Crippen LogP contribution >= 0.6 is 0 Å². The molecule has 0 saturated heterocycles. The second-order valence-electron chi connectivity index (χ2n) is 7.22. The fourth-order valence-corrected chi connectivity index (χ4v) is 3.80. The standard InChI is InChI=1S/C20H25N3O2/c1-13-10-15-4-2-3-5-18(15)23(13)12-19-16(8-9-25-19)20(24)22-17(11-21)14-6-7-14/h2-5,8-9,13-14,17H,6-7,10-12,21H2,1H3,(H,22,24). The van der Waals surface area contributed by atoms with E-state index in [1.807, 2.05) is 0 Å². The van der Waals surface area contributed by atoms with Crippen molar-refractivity contribution in [2.24, 2.45) is 11.7 Å². The molecule has 2 heterocycles. The number of nitrogens with zero attached hydrogens (tertiary/aromatic N) is 1. The molecule has 0 radical (unpaired) electrons. The van der Waals surface area contributed by atoms with Gasteiger partial charge >= 0.3 is 0 Å². The van der Waals surface area contributed by atoms with Crippen molar-refractivity contribution in [3.8, 4) is 0 Å². The van der Waals surface area contributed by atoms with Gasteiger partial charge in [-0.2, -0.15) is 0 Å². The van der Waals surface area contributed by atoms with Gasteiger partial charge in [0.1, 0.15) is 5.76 Å². The van der Waals surface area contributed by atoms with Crippen LogP contribution in [0, 0.1) is 5.92 Å². The van der Waals surface area contributed by atoms with Crippen LogP contribution in [0.15, 0.2) is 41.0 Å². The predicted octanol–water partition coefficient (Wildman–Crippen LogP) is 2.70. The zero-order valence-electron chi connectivity index (χ0n) is 14.6. The molecule has 5 heteroatoms. The lowest BCUT2D eigenvalue weighted by Crippen LogP contribution is -2.42. The van der Waals surface area contributed by atoms with Gasteiger partial charge in [-0.3, -0.25) is 4.79 Å². The number of nitrogens with two attached hydrogens (primary N) is 1. The minimum absolute atomic E-state index is 0.0710. The minimum Gasteiger partial charge on any atom is -0.467 e. The zero-order valence-corrected chi connectivity index (χ0v) is 14.6. The number of carbonyl (C=O) groups excluding carboxylic acids is 1. The summed E-state index contributed by atoms with van der Waals surface area (Å²) in [5.41, 5.74) is 9.01. The van der Waals surface area contributed by atoms with E-state index in [0.717, 1.165) is 19.3 Å². The molecule has 1 aliphatic heterocycles. The molecule has 25 heavy (non-hydrogen) atoms. The van der Waals surface area contributed by atoms with Crippen LogP contribution in [0.2, 0.25) is 0 Å². The molecule has 1 fully saturated rings. The van der Waals surface area contributed by atoms with Gasteiger partial charge in [0.2, 0.25) is 0 Å². The predicted molar refractivity (Wildman–Crippen MR) is 97.5 cm³/mol. The number of carbonyl (C=O) groups is 1. The van der Waals surface area contributed by atoms with Gasteiger partial charge in [0.25, 0.3) is 5.91 Å². The van der Waals surface area contributed by atoms with Crippen molar-refractivity contribution in [3.05, 3.63) is 53.5 Å². The van der Waals surface area contributed by atoms with Gasteiger partial charge in [0.05, 0.1) is 18.4 Å². The summed E-state index contributed by atoms with van der Waals surface area (Å²) in [6, 6.07) is 10.7. The summed E-state index contributed by atoms with van der Waals surface area (Å²) in [4.78, 5) is 15.0. The van der Waals surface area contributed by atoms with Crippen molar-refractivity contribution in [2.75, 3.05) is 11.4 Å². The second-order valence-corrected chi connectivity index (χ2v) is 7.22. The molecule has 0 spiro atoms. The van der Waals surface area contributed by atoms with Gasteiger partial charge in [-0.25, -0.2) is 0 Å². The summed E-state index contributed by atoms with van der Waals surface area (Å²) in [6.45, 7) is 3.30. The van der Waals surface area contributed by atoms with E-state index in [9.17, 15) is 4.79 Å². The van der Waals surface area contributed by atoms with Gasteiger partial charge in [0.15, 0.2) is 0 Å². The van der Waals surface area contributed by atoms with Crippen molar-refractivity contribution in [1.82, 2.24) is 5.32 Å². The summed E-state index contributed by atoms with van der Waals surface area (Å²) >= 11 is 0. The molecule has 2 atom stereocenters. The lowest BCUT2D eigenvalue weighted by atomic mass is 10.1. The van der Waals surface area contributed by atoms with Gasteiger partial charge < -0.3 is 20.4 Å². The number of furan rings is 1. The molecule has 1 amide bonds. The normalized spacial score (nSPS) is 20.4. The highest BCUT2D eigenvalue weighted by atomic mass is 16.3. The van der Waals surface area contributed by atoms with Crippen LogP contribution in [0.25, 0.3) is 0 Å². The van der Waals surface area contributed by atoms with Crippen LogP contribution < -0.4 is 16.0 Å². The van der Waals surface area contributed by atoms with Crippen LogP contribution in [-0.2, 0) is 13.0 Å². The van der Waals surface area contributed by atoms with Crippen LogP contribution in [0.4, 0.5) is 5.69 Å². The molecular formula is C20H25N3O2. The molecule has 2 aliphatic rings. The number of benzene rings is 1. The average Bonchev–Trinajstić information content (AvgIpc) is 3.27.